The Balaban J connectivity index is 1.88. The number of nitrogens with zero attached hydrogens (tertiary/aromatic N) is 1. The molecule has 5 nitrogen and oxygen atoms in total. The van der Waals surface area contributed by atoms with Crippen molar-refractivity contribution < 1.29 is 14.3 Å². The maximum Gasteiger partial charge on any atom is 0.242 e. The first-order valence-electron chi connectivity index (χ1n) is 6.36. The summed E-state index contributed by atoms with van der Waals surface area (Å²) in [4.78, 5) is 14.0. The lowest BCUT2D eigenvalue weighted by Gasteiger charge is -2.35. The Kier molecular flexibility index (Phi) is 4.01. The van der Waals surface area contributed by atoms with Crippen molar-refractivity contribution >= 4 is 5.91 Å². The highest BCUT2D eigenvalue weighted by atomic mass is 16.5. The van der Waals surface area contributed by atoms with Gasteiger partial charge >= 0.3 is 0 Å². The molecule has 0 aromatic rings. The van der Waals surface area contributed by atoms with Crippen LogP contribution in [0.5, 0.6) is 0 Å². The van der Waals surface area contributed by atoms with E-state index >= 15 is 0 Å². The number of likely N-dealkylation sites (N-methyl/N-ethyl adjacent to an activating group) is 1. The van der Waals surface area contributed by atoms with Gasteiger partial charge in [0.2, 0.25) is 5.91 Å². The molecule has 1 atom stereocenters. The van der Waals surface area contributed by atoms with Gasteiger partial charge in [0.25, 0.3) is 0 Å². The molecule has 0 aromatic heterocycles. The third kappa shape index (κ3) is 2.97. The van der Waals surface area contributed by atoms with Gasteiger partial charge in [0.1, 0.15) is 0 Å². The number of carbonyl (C=O) groups excluding carboxylic acids is 1. The van der Waals surface area contributed by atoms with Crippen LogP contribution in [0.4, 0.5) is 0 Å². The first-order valence-corrected chi connectivity index (χ1v) is 6.36. The fraction of sp³-hybridized carbons (Fsp3) is 0.917. The van der Waals surface area contributed by atoms with Crippen LogP contribution in [0.15, 0.2) is 0 Å². The zero-order chi connectivity index (χ0) is 12.3. The molecule has 2 aliphatic heterocycles. The summed E-state index contributed by atoms with van der Waals surface area (Å²) in [6, 6.07) is 0. The Hall–Kier alpha value is -0.650. The lowest BCUT2D eigenvalue weighted by Crippen LogP contribution is -2.58. The first kappa shape index (κ1) is 12.8. The van der Waals surface area contributed by atoms with Crippen LogP contribution < -0.4 is 5.73 Å². The molecule has 0 saturated carbocycles. The summed E-state index contributed by atoms with van der Waals surface area (Å²) in [5.41, 5.74) is 5.44. The summed E-state index contributed by atoms with van der Waals surface area (Å²) in [6.07, 6.45) is 3.54. The molecule has 0 bridgehead atoms. The number of ether oxygens (including phenoxy) is 2. The molecule has 1 amide bonds. The van der Waals surface area contributed by atoms with Crippen LogP contribution in [0.3, 0.4) is 0 Å². The second kappa shape index (κ2) is 5.33. The molecule has 0 aliphatic carbocycles. The zero-order valence-electron chi connectivity index (χ0n) is 10.5. The maximum absolute atomic E-state index is 12.3. The molecule has 2 N–H and O–H groups in total. The summed E-state index contributed by atoms with van der Waals surface area (Å²) in [6.45, 7) is 2.62. The first-order chi connectivity index (χ1) is 8.12. The van der Waals surface area contributed by atoms with Crippen LogP contribution in [-0.4, -0.2) is 55.9 Å². The van der Waals surface area contributed by atoms with Gasteiger partial charge in [-0.2, -0.15) is 0 Å². The monoisotopic (exact) mass is 242 g/mol. The van der Waals surface area contributed by atoms with Crippen LogP contribution in [0.25, 0.3) is 0 Å². The van der Waals surface area contributed by atoms with E-state index in [9.17, 15) is 4.79 Å². The molecule has 0 aromatic carbocycles. The lowest BCUT2D eigenvalue weighted by molar-refractivity contribution is -0.140. The summed E-state index contributed by atoms with van der Waals surface area (Å²) in [5.74, 6) is 0.0244. The third-order valence-corrected chi connectivity index (χ3v) is 3.66. The minimum atomic E-state index is -0.731. The van der Waals surface area contributed by atoms with E-state index in [1.54, 1.807) is 4.90 Å². The van der Waals surface area contributed by atoms with E-state index in [2.05, 4.69) is 0 Å². The molecule has 0 radical (unpaired) electrons. The highest BCUT2D eigenvalue weighted by molar-refractivity contribution is 5.86. The van der Waals surface area contributed by atoms with Crippen molar-refractivity contribution in [1.29, 1.82) is 0 Å². The van der Waals surface area contributed by atoms with Crippen LogP contribution in [-0.2, 0) is 14.3 Å². The Morgan fingerprint density at radius 2 is 2.12 bits per heavy atom. The topological polar surface area (TPSA) is 64.8 Å². The normalized spacial score (nSPS) is 28.0. The van der Waals surface area contributed by atoms with Gasteiger partial charge in [-0.1, -0.05) is 0 Å². The highest BCUT2D eigenvalue weighted by Gasteiger charge is 2.38. The number of hydrogen-bond acceptors (Lipinski definition) is 4. The van der Waals surface area contributed by atoms with Gasteiger partial charge < -0.3 is 20.1 Å². The fourth-order valence-electron chi connectivity index (χ4n) is 2.51. The van der Waals surface area contributed by atoms with E-state index in [0.29, 0.717) is 32.6 Å². The smallest absolute Gasteiger partial charge is 0.242 e. The van der Waals surface area contributed by atoms with Gasteiger partial charge in [0.05, 0.1) is 11.6 Å². The van der Waals surface area contributed by atoms with Crippen molar-refractivity contribution in [2.45, 2.75) is 37.3 Å². The Bertz CT molecular complexity index is 271. The number of rotatable bonds is 3. The molecule has 1 unspecified atom stereocenters. The molecule has 2 rings (SSSR count). The quantitative estimate of drug-likeness (QED) is 0.764. The molecule has 2 saturated heterocycles. The molecular formula is C12H22N2O3. The highest BCUT2D eigenvalue weighted by Crippen LogP contribution is 2.21. The van der Waals surface area contributed by atoms with E-state index in [-0.39, 0.29) is 12.0 Å². The van der Waals surface area contributed by atoms with E-state index in [4.69, 9.17) is 15.2 Å². The summed E-state index contributed by atoms with van der Waals surface area (Å²) < 4.78 is 10.8. The largest absolute Gasteiger partial charge is 0.381 e. The lowest BCUT2D eigenvalue weighted by atomic mass is 9.89. The van der Waals surface area contributed by atoms with Crippen LogP contribution >= 0.6 is 0 Å². The van der Waals surface area contributed by atoms with Gasteiger partial charge in [-0.25, -0.2) is 0 Å². The standard InChI is InChI=1S/C12H22N2O3/c1-14(9-10-3-2-6-17-10)11(15)12(13)4-7-16-8-5-12/h10H,2-9,13H2,1H3. The molecule has 5 heteroatoms. The van der Waals surface area contributed by atoms with Crippen molar-refractivity contribution in [2.75, 3.05) is 33.4 Å². The molecule has 98 valence electrons. The van der Waals surface area contributed by atoms with Gasteiger partial charge in [-0.3, -0.25) is 4.79 Å². The van der Waals surface area contributed by atoms with Crippen LogP contribution in [0, 0.1) is 0 Å². The van der Waals surface area contributed by atoms with E-state index < -0.39 is 5.54 Å². The SMILES string of the molecule is CN(CC1CCCO1)C(=O)C1(N)CCOCC1. The van der Waals surface area contributed by atoms with Crippen molar-refractivity contribution in [3.63, 3.8) is 0 Å². The van der Waals surface area contributed by atoms with Gasteiger partial charge in [-0.05, 0) is 25.7 Å². The van der Waals surface area contributed by atoms with Crippen LogP contribution in [0.1, 0.15) is 25.7 Å². The van der Waals surface area contributed by atoms with Crippen molar-refractivity contribution in [3.8, 4) is 0 Å². The van der Waals surface area contributed by atoms with Crippen molar-refractivity contribution in [1.82, 2.24) is 4.90 Å². The van der Waals surface area contributed by atoms with E-state index in [0.717, 1.165) is 19.4 Å². The number of nitrogens with two attached hydrogens (primary N) is 1. The summed E-state index contributed by atoms with van der Waals surface area (Å²) in [5, 5.41) is 0. The van der Waals surface area contributed by atoms with E-state index in [1.165, 1.54) is 0 Å². The Morgan fingerprint density at radius 3 is 2.71 bits per heavy atom. The second-order valence-electron chi connectivity index (χ2n) is 5.09. The minimum absolute atomic E-state index is 0.0244. The molecule has 0 spiro atoms. The molecular weight excluding hydrogens is 220 g/mol. The zero-order valence-corrected chi connectivity index (χ0v) is 10.5. The molecule has 2 heterocycles. The average Bonchev–Trinajstić information content (AvgIpc) is 2.81. The molecule has 17 heavy (non-hydrogen) atoms. The van der Waals surface area contributed by atoms with Gasteiger partial charge in [0, 0.05) is 33.4 Å². The Labute approximate surface area is 102 Å². The summed E-state index contributed by atoms with van der Waals surface area (Å²) in [7, 11) is 1.81. The fourth-order valence-corrected chi connectivity index (χ4v) is 2.51. The molecule has 2 aliphatic rings. The number of carbonyl (C=O) groups is 1. The number of hydrogen-bond donors (Lipinski definition) is 1. The molecule has 2 fully saturated rings. The number of amides is 1. The Morgan fingerprint density at radius 1 is 1.41 bits per heavy atom. The van der Waals surface area contributed by atoms with E-state index in [1.807, 2.05) is 7.05 Å². The third-order valence-electron chi connectivity index (χ3n) is 3.66. The van der Waals surface area contributed by atoms with Crippen molar-refractivity contribution in [2.24, 2.45) is 5.73 Å². The van der Waals surface area contributed by atoms with Crippen LogP contribution in [0.2, 0.25) is 0 Å². The minimum Gasteiger partial charge on any atom is -0.381 e. The van der Waals surface area contributed by atoms with Gasteiger partial charge in [-0.15, -0.1) is 0 Å². The predicted molar refractivity (Wildman–Crippen MR) is 63.6 cm³/mol. The van der Waals surface area contributed by atoms with Crippen molar-refractivity contribution in [3.05, 3.63) is 0 Å². The predicted octanol–water partition coefficient (Wildman–Crippen LogP) is 0.132. The van der Waals surface area contributed by atoms with Gasteiger partial charge in [0.15, 0.2) is 0 Å². The average molecular weight is 242 g/mol. The maximum atomic E-state index is 12.3. The summed E-state index contributed by atoms with van der Waals surface area (Å²) >= 11 is 0. The second-order valence-corrected chi connectivity index (χ2v) is 5.09.